The summed E-state index contributed by atoms with van der Waals surface area (Å²) in [6.07, 6.45) is 0. The van der Waals surface area contributed by atoms with Crippen LogP contribution in [-0.2, 0) is 21.4 Å². The van der Waals surface area contributed by atoms with Gasteiger partial charge >= 0.3 is 5.97 Å². The summed E-state index contributed by atoms with van der Waals surface area (Å²) >= 11 is 0. The molecule has 0 saturated carbocycles. The van der Waals surface area contributed by atoms with Crippen molar-refractivity contribution < 1.29 is 32.5 Å². The predicted molar refractivity (Wildman–Crippen MR) is 138 cm³/mol. The van der Waals surface area contributed by atoms with Crippen molar-refractivity contribution >= 4 is 37.8 Å². The number of phenols is 1. The number of benzene rings is 4. The fraction of sp³-hybridized carbons (Fsp3) is 0.107. The van der Waals surface area contributed by atoms with E-state index in [1.165, 1.54) is 30.3 Å². The van der Waals surface area contributed by atoms with Crippen molar-refractivity contribution in [3.63, 3.8) is 0 Å². The van der Waals surface area contributed by atoms with E-state index in [9.17, 15) is 18.3 Å². The normalized spacial score (nSPS) is 13.1. The van der Waals surface area contributed by atoms with Crippen LogP contribution >= 0.6 is 0 Å². The van der Waals surface area contributed by atoms with Crippen molar-refractivity contribution in [2.75, 3.05) is 14.2 Å². The Morgan fingerprint density at radius 2 is 1.59 bits per heavy atom. The minimum Gasteiger partial charge on any atom is -0.507 e. The van der Waals surface area contributed by atoms with E-state index in [1.54, 1.807) is 60.7 Å². The molecular formula is C28H21NO7S. The summed E-state index contributed by atoms with van der Waals surface area (Å²) in [5, 5.41) is 12.2. The van der Waals surface area contributed by atoms with E-state index in [0.29, 0.717) is 44.5 Å². The zero-order valence-electron chi connectivity index (χ0n) is 19.9. The molecule has 0 fully saturated rings. The van der Waals surface area contributed by atoms with Gasteiger partial charge in [-0.3, -0.25) is 0 Å². The minimum atomic E-state index is -4.16. The molecule has 0 unspecified atom stereocenters. The first kappa shape index (κ1) is 22.9. The van der Waals surface area contributed by atoms with Gasteiger partial charge in [-0.05, 0) is 35.9 Å². The van der Waals surface area contributed by atoms with Crippen LogP contribution in [0.3, 0.4) is 0 Å². The highest BCUT2D eigenvalue weighted by molar-refractivity contribution is 7.90. The number of esters is 1. The SMILES string of the molecule is COc1ccc(-c2c3c(c(O)c4c5ccccc5n(S(=O)(=O)c5ccccc5)c24)COC3=O)cc1OC. The molecule has 37 heavy (non-hydrogen) atoms. The van der Waals surface area contributed by atoms with Crippen LogP contribution in [-0.4, -0.2) is 37.7 Å². The molecule has 1 aliphatic heterocycles. The quantitative estimate of drug-likeness (QED) is 0.325. The number of nitrogens with zero attached hydrogens (tertiary/aromatic N) is 1. The Balaban J connectivity index is 1.87. The third-order valence-corrected chi connectivity index (χ3v) is 8.38. The van der Waals surface area contributed by atoms with Gasteiger partial charge in [-0.15, -0.1) is 0 Å². The lowest BCUT2D eigenvalue weighted by atomic mass is 9.92. The van der Waals surface area contributed by atoms with Gasteiger partial charge in [-0.2, -0.15) is 0 Å². The second-order valence-electron chi connectivity index (χ2n) is 8.55. The summed E-state index contributed by atoms with van der Waals surface area (Å²) in [5.41, 5.74) is 1.79. The molecule has 1 aromatic heterocycles. The second kappa shape index (κ2) is 8.28. The third-order valence-electron chi connectivity index (χ3n) is 6.65. The fourth-order valence-electron chi connectivity index (χ4n) is 5.01. The van der Waals surface area contributed by atoms with Gasteiger partial charge in [-0.1, -0.05) is 42.5 Å². The lowest BCUT2D eigenvalue weighted by molar-refractivity contribution is 0.0535. The van der Waals surface area contributed by atoms with Crippen LogP contribution in [0, 0.1) is 0 Å². The molecule has 1 N–H and O–H groups in total. The molecule has 5 aromatic rings. The number of methoxy groups -OCH3 is 2. The third kappa shape index (κ3) is 3.20. The van der Waals surface area contributed by atoms with Gasteiger partial charge in [0, 0.05) is 16.5 Å². The van der Waals surface area contributed by atoms with Gasteiger partial charge in [0.25, 0.3) is 10.0 Å². The topological polar surface area (TPSA) is 104 Å². The van der Waals surface area contributed by atoms with Crippen LogP contribution in [0.5, 0.6) is 17.2 Å². The lowest BCUT2D eigenvalue weighted by Crippen LogP contribution is -2.14. The van der Waals surface area contributed by atoms with Crippen molar-refractivity contribution in [2.45, 2.75) is 11.5 Å². The Kier molecular flexibility index (Phi) is 5.13. The number of carbonyl (C=O) groups is 1. The van der Waals surface area contributed by atoms with Crippen molar-refractivity contribution in [2.24, 2.45) is 0 Å². The maximum absolute atomic E-state index is 14.1. The first-order valence-corrected chi connectivity index (χ1v) is 12.8. The monoisotopic (exact) mass is 515 g/mol. The maximum atomic E-state index is 14.1. The van der Waals surface area contributed by atoms with Gasteiger partial charge in [-0.25, -0.2) is 17.2 Å². The van der Waals surface area contributed by atoms with Gasteiger partial charge in [0.2, 0.25) is 0 Å². The number of aromatic nitrogens is 1. The molecule has 0 atom stereocenters. The van der Waals surface area contributed by atoms with Gasteiger partial charge in [0.05, 0.1) is 41.1 Å². The second-order valence-corrected chi connectivity index (χ2v) is 10.3. The average molecular weight is 516 g/mol. The van der Waals surface area contributed by atoms with Crippen LogP contribution in [0.25, 0.3) is 32.9 Å². The number of ether oxygens (including phenoxy) is 3. The molecule has 1 aliphatic rings. The number of aromatic hydroxyl groups is 1. The van der Waals surface area contributed by atoms with E-state index in [0.717, 1.165) is 0 Å². The Hall–Kier alpha value is -4.50. The first-order valence-electron chi connectivity index (χ1n) is 11.4. The molecule has 9 heteroatoms. The highest BCUT2D eigenvalue weighted by Gasteiger charge is 2.36. The fourth-order valence-corrected chi connectivity index (χ4v) is 6.57. The van der Waals surface area contributed by atoms with Gasteiger partial charge in [0.1, 0.15) is 12.4 Å². The molecular weight excluding hydrogens is 494 g/mol. The molecule has 0 aliphatic carbocycles. The van der Waals surface area contributed by atoms with Crippen molar-refractivity contribution in [3.05, 3.63) is 83.9 Å². The Labute approximate surface area is 212 Å². The number of hydrogen-bond acceptors (Lipinski definition) is 7. The van der Waals surface area contributed by atoms with Gasteiger partial charge < -0.3 is 19.3 Å². The molecule has 186 valence electrons. The van der Waals surface area contributed by atoms with E-state index >= 15 is 0 Å². The minimum absolute atomic E-state index is 0.0680. The van der Waals surface area contributed by atoms with Crippen LogP contribution in [0.1, 0.15) is 15.9 Å². The Morgan fingerprint density at radius 1 is 0.892 bits per heavy atom. The highest BCUT2D eigenvalue weighted by atomic mass is 32.2. The van der Waals surface area contributed by atoms with Crippen molar-refractivity contribution in [3.8, 4) is 28.4 Å². The van der Waals surface area contributed by atoms with E-state index < -0.39 is 16.0 Å². The molecule has 6 rings (SSSR count). The molecule has 0 spiro atoms. The highest BCUT2D eigenvalue weighted by Crippen LogP contribution is 2.49. The number of phenolic OH excluding ortho intramolecular Hbond substituents is 1. The molecule has 2 heterocycles. The van der Waals surface area contributed by atoms with Crippen LogP contribution in [0.15, 0.2) is 77.7 Å². The summed E-state index contributed by atoms with van der Waals surface area (Å²) in [6, 6.07) is 20.0. The molecule has 0 saturated heterocycles. The number of hydrogen-bond donors (Lipinski definition) is 1. The van der Waals surface area contributed by atoms with Crippen LogP contribution < -0.4 is 9.47 Å². The first-order chi connectivity index (χ1) is 17.9. The zero-order chi connectivity index (χ0) is 25.9. The van der Waals surface area contributed by atoms with Crippen LogP contribution in [0.4, 0.5) is 0 Å². The van der Waals surface area contributed by atoms with E-state index in [1.807, 2.05) is 0 Å². The Morgan fingerprint density at radius 3 is 2.32 bits per heavy atom. The van der Waals surface area contributed by atoms with E-state index in [-0.39, 0.29) is 28.3 Å². The number of para-hydroxylation sites is 1. The molecule has 0 amide bonds. The maximum Gasteiger partial charge on any atom is 0.339 e. The molecule has 0 bridgehead atoms. The summed E-state index contributed by atoms with van der Waals surface area (Å²) in [6.45, 7) is -0.124. The number of cyclic esters (lactones) is 1. The predicted octanol–water partition coefficient (Wildman–Crippen LogP) is 5.09. The lowest BCUT2D eigenvalue weighted by Gasteiger charge is -2.16. The Bertz CT molecular complexity index is 1840. The summed E-state index contributed by atoms with van der Waals surface area (Å²) in [4.78, 5) is 13.1. The van der Waals surface area contributed by atoms with Crippen molar-refractivity contribution in [1.29, 1.82) is 0 Å². The molecule has 0 radical (unpaired) electrons. The average Bonchev–Trinajstić information content (AvgIpc) is 3.48. The zero-order valence-corrected chi connectivity index (χ0v) is 20.7. The van der Waals surface area contributed by atoms with Crippen LogP contribution in [0.2, 0.25) is 0 Å². The van der Waals surface area contributed by atoms with Gasteiger partial charge in [0.15, 0.2) is 11.5 Å². The number of carbonyl (C=O) groups excluding carboxylic acids is 1. The van der Waals surface area contributed by atoms with Crippen molar-refractivity contribution in [1.82, 2.24) is 3.97 Å². The summed E-state index contributed by atoms with van der Waals surface area (Å²) in [7, 11) is -1.16. The summed E-state index contributed by atoms with van der Waals surface area (Å²) in [5.74, 6) is 0.0389. The largest absolute Gasteiger partial charge is 0.507 e. The molecule has 4 aromatic carbocycles. The number of fused-ring (bicyclic) bond motifs is 4. The smallest absolute Gasteiger partial charge is 0.339 e. The van der Waals surface area contributed by atoms with E-state index in [4.69, 9.17) is 14.2 Å². The molecule has 8 nitrogen and oxygen atoms in total. The van der Waals surface area contributed by atoms with E-state index in [2.05, 4.69) is 0 Å². The summed E-state index contributed by atoms with van der Waals surface area (Å²) < 4.78 is 45.7. The standard InChI is InChI=1S/C28H21NO7S/c1-34-21-13-12-16(14-22(21)35-2)23-24-19(15-36-28(24)31)27(30)25-18-10-6-7-11-20(18)29(26(23)25)37(32,33)17-8-4-3-5-9-17/h3-14,30H,15H2,1-2H3. The number of rotatable bonds is 5.